The van der Waals surface area contributed by atoms with Crippen LogP contribution in [0.15, 0.2) is 18.2 Å². The van der Waals surface area contributed by atoms with Crippen LogP contribution in [0, 0.1) is 0 Å². The Bertz CT molecular complexity index is 482. The highest BCUT2D eigenvalue weighted by Crippen LogP contribution is 2.27. The number of hydrogen-bond donors (Lipinski definition) is 1. The van der Waals surface area contributed by atoms with Gasteiger partial charge in [0.1, 0.15) is 5.75 Å². The van der Waals surface area contributed by atoms with E-state index in [1.807, 2.05) is 0 Å². The van der Waals surface area contributed by atoms with Crippen molar-refractivity contribution in [2.24, 2.45) is 0 Å². The summed E-state index contributed by atoms with van der Waals surface area (Å²) in [6, 6.07) is 4.89. The molecule has 1 N–H and O–H groups in total. The molecule has 1 aromatic carbocycles. The first-order chi connectivity index (χ1) is 10.1. The van der Waals surface area contributed by atoms with Gasteiger partial charge in [-0.15, -0.1) is 0 Å². The predicted molar refractivity (Wildman–Crippen MR) is 82.2 cm³/mol. The maximum Gasteiger partial charge on any atom is 0.257 e. The van der Waals surface area contributed by atoms with Crippen molar-refractivity contribution in [3.05, 3.63) is 28.2 Å². The lowest BCUT2D eigenvalue weighted by atomic mass is 10.3. The average Bonchev–Trinajstić information content (AvgIpc) is 2.47. The smallest absolute Gasteiger partial charge is 0.257 e. The topological polar surface area (TPSA) is 50.8 Å². The van der Waals surface area contributed by atoms with Gasteiger partial charge in [-0.05, 0) is 18.2 Å². The van der Waals surface area contributed by atoms with E-state index in [0.29, 0.717) is 22.3 Å². The fourth-order valence-corrected chi connectivity index (χ4v) is 2.43. The van der Waals surface area contributed by atoms with Gasteiger partial charge in [-0.3, -0.25) is 9.69 Å². The lowest BCUT2D eigenvalue weighted by molar-refractivity contribution is -0.123. The first kappa shape index (κ1) is 19.3. The molecule has 1 aliphatic rings. The molecule has 1 aromatic rings. The Hall–Kier alpha value is -0.720. The number of carbonyl (C=O) groups is 1. The highest BCUT2D eigenvalue weighted by atomic mass is 35.5. The normalized spacial score (nSPS) is 15.0. The fourth-order valence-electron chi connectivity index (χ4n) is 1.96. The van der Waals surface area contributed by atoms with E-state index in [4.69, 9.17) is 32.7 Å². The van der Waals surface area contributed by atoms with Gasteiger partial charge in [0.25, 0.3) is 5.91 Å². The quantitative estimate of drug-likeness (QED) is 0.687. The molecule has 0 saturated carbocycles. The van der Waals surface area contributed by atoms with Crippen LogP contribution in [0.4, 0.5) is 0 Å². The molecule has 1 amide bonds. The standard InChI is InChI=1S/C14H18Cl2N2O3.ClH/c15-11-1-2-13(12(16)9-11)21-10-14(19)17-3-4-18-5-7-20-8-6-18;/h1-2,9H,3-8,10H2,(H,17,19);1H/p-1. The first-order valence-corrected chi connectivity index (χ1v) is 7.55. The second-order valence-electron chi connectivity index (χ2n) is 4.67. The van der Waals surface area contributed by atoms with Crippen molar-refractivity contribution in [2.75, 3.05) is 46.0 Å². The van der Waals surface area contributed by atoms with Gasteiger partial charge >= 0.3 is 0 Å². The summed E-state index contributed by atoms with van der Waals surface area (Å²) in [5.74, 6) is 0.277. The summed E-state index contributed by atoms with van der Waals surface area (Å²) in [6.07, 6.45) is 0. The molecule has 124 valence electrons. The van der Waals surface area contributed by atoms with Crippen LogP contribution < -0.4 is 22.5 Å². The van der Waals surface area contributed by atoms with Crippen LogP contribution in [-0.2, 0) is 9.53 Å². The molecule has 1 heterocycles. The monoisotopic (exact) mass is 367 g/mol. The summed E-state index contributed by atoms with van der Waals surface area (Å²) in [6.45, 7) is 4.68. The van der Waals surface area contributed by atoms with Crippen molar-refractivity contribution < 1.29 is 26.7 Å². The number of nitrogens with zero attached hydrogens (tertiary/aromatic N) is 1. The summed E-state index contributed by atoms with van der Waals surface area (Å²) in [7, 11) is 0. The number of hydrogen-bond acceptors (Lipinski definition) is 4. The molecule has 2 rings (SSSR count). The van der Waals surface area contributed by atoms with Crippen LogP contribution in [0.2, 0.25) is 10.0 Å². The maximum atomic E-state index is 11.7. The fraction of sp³-hybridized carbons (Fsp3) is 0.500. The second kappa shape index (κ2) is 10.1. The molecule has 8 heteroatoms. The van der Waals surface area contributed by atoms with E-state index < -0.39 is 0 Å². The third-order valence-electron chi connectivity index (χ3n) is 3.11. The van der Waals surface area contributed by atoms with Gasteiger partial charge in [-0.25, -0.2) is 0 Å². The van der Waals surface area contributed by atoms with Crippen molar-refractivity contribution in [3.8, 4) is 5.75 Å². The van der Waals surface area contributed by atoms with Crippen molar-refractivity contribution in [3.63, 3.8) is 0 Å². The van der Waals surface area contributed by atoms with Crippen LogP contribution >= 0.6 is 23.2 Å². The Morgan fingerprint density at radius 2 is 2.05 bits per heavy atom. The third-order valence-corrected chi connectivity index (χ3v) is 3.64. The third kappa shape index (κ3) is 6.58. The van der Waals surface area contributed by atoms with Crippen LogP contribution in [0.3, 0.4) is 0 Å². The zero-order valence-electron chi connectivity index (χ0n) is 12.0. The van der Waals surface area contributed by atoms with Gasteiger partial charge in [0.15, 0.2) is 6.61 Å². The average molecular weight is 369 g/mol. The zero-order chi connectivity index (χ0) is 15.1. The Kier molecular flexibility index (Phi) is 8.90. The van der Waals surface area contributed by atoms with Crippen LogP contribution in [0.1, 0.15) is 0 Å². The first-order valence-electron chi connectivity index (χ1n) is 6.80. The van der Waals surface area contributed by atoms with Gasteiger partial charge in [-0.2, -0.15) is 0 Å². The Balaban J connectivity index is 0.00000242. The van der Waals surface area contributed by atoms with Gasteiger partial charge in [0.05, 0.1) is 18.2 Å². The largest absolute Gasteiger partial charge is 1.00 e. The molecule has 0 aromatic heterocycles. The molecule has 1 saturated heterocycles. The number of ether oxygens (including phenoxy) is 2. The minimum absolute atomic E-state index is 0. The molecule has 0 radical (unpaired) electrons. The van der Waals surface area contributed by atoms with Crippen molar-refractivity contribution in [2.45, 2.75) is 0 Å². The van der Waals surface area contributed by atoms with Crippen LogP contribution in [0.25, 0.3) is 0 Å². The molecule has 0 spiro atoms. The second-order valence-corrected chi connectivity index (χ2v) is 5.51. The van der Waals surface area contributed by atoms with Gasteiger partial charge in [0, 0.05) is 31.2 Å². The molecule has 1 aliphatic heterocycles. The van der Waals surface area contributed by atoms with Crippen LogP contribution in [-0.4, -0.2) is 56.8 Å². The molecule has 5 nitrogen and oxygen atoms in total. The SMILES string of the molecule is O=C(COc1ccc(Cl)cc1Cl)NCCN1CCOCC1.[Cl-]. The molecule has 0 atom stereocenters. The molecule has 1 fully saturated rings. The van der Waals surface area contributed by atoms with Gasteiger partial charge in [0.2, 0.25) is 0 Å². The number of nitrogens with one attached hydrogen (secondary N) is 1. The molecule has 0 bridgehead atoms. The van der Waals surface area contributed by atoms with Crippen molar-refractivity contribution in [1.82, 2.24) is 10.2 Å². The minimum Gasteiger partial charge on any atom is -1.00 e. The summed E-state index contributed by atoms with van der Waals surface area (Å²) >= 11 is 11.7. The zero-order valence-corrected chi connectivity index (χ0v) is 14.3. The molecule has 0 unspecified atom stereocenters. The Morgan fingerprint density at radius 1 is 1.32 bits per heavy atom. The minimum atomic E-state index is -0.172. The van der Waals surface area contributed by atoms with E-state index >= 15 is 0 Å². The summed E-state index contributed by atoms with van der Waals surface area (Å²) in [5.41, 5.74) is 0. The molecule has 22 heavy (non-hydrogen) atoms. The summed E-state index contributed by atoms with van der Waals surface area (Å²) < 4.78 is 10.6. The molecular weight excluding hydrogens is 351 g/mol. The number of benzene rings is 1. The number of amides is 1. The number of morpholine rings is 1. The van der Waals surface area contributed by atoms with E-state index in [0.717, 1.165) is 32.8 Å². The highest BCUT2D eigenvalue weighted by Gasteiger charge is 2.10. The molecule has 0 aliphatic carbocycles. The van der Waals surface area contributed by atoms with Gasteiger partial charge in [-0.1, -0.05) is 23.2 Å². The highest BCUT2D eigenvalue weighted by molar-refractivity contribution is 6.35. The lowest BCUT2D eigenvalue weighted by Gasteiger charge is -2.26. The lowest BCUT2D eigenvalue weighted by Crippen LogP contribution is -3.00. The Labute approximate surface area is 146 Å². The van der Waals surface area contributed by atoms with E-state index in [1.165, 1.54) is 0 Å². The summed E-state index contributed by atoms with van der Waals surface area (Å²) in [4.78, 5) is 13.9. The number of carbonyl (C=O) groups excluding carboxylic acids is 1. The van der Waals surface area contributed by atoms with E-state index in [-0.39, 0.29) is 24.9 Å². The van der Waals surface area contributed by atoms with Crippen LogP contribution in [0.5, 0.6) is 5.75 Å². The van der Waals surface area contributed by atoms with E-state index in [1.54, 1.807) is 18.2 Å². The van der Waals surface area contributed by atoms with Gasteiger partial charge < -0.3 is 27.2 Å². The maximum absolute atomic E-state index is 11.7. The Morgan fingerprint density at radius 3 is 2.73 bits per heavy atom. The summed E-state index contributed by atoms with van der Waals surface area (Å²) in [5, 5.41) is 3.74. The number of halogens is 3. The van der Waals surface area contributed by atoms with Crippen molar-refractivity contribution in [1.29, 1.82) is 0 Å². The number of rotatable bonds is 6. The van der Waals surface area contributed by atoms with E-state index in [9.17, 15) is 4.79 Å². The predicted octanol–water partition coefficient (Wildman–Crippen LogP) is -1.18. The van der Waals surface area contributed by atoms with Crippen molar-refractivity contribution >= 4 is 29.1 Å². The van der Waals surface area contributed by atoms with E-state index in [2.05, 4.69) is 10.2 Å². The molecular formula is C14H18Cl3N2O3-.